The van der Waals surface area contributed by atoms with Crippen LogP contribution in [0.15, 0.2) is 62.7 Å². The van der Waals surface area contributed by atoms with Crippen molar-refractivity contribution in [3.05, 3.63) is 69.3 Å². The van der Waals surface area contributed by atoms with Crippen molar-refractivity contribution in [1.29, 1.82) is 0 Å². The Morgan fingerprint density at radius 3 is 2.52 bits per heavy atom. The second kappa shape index (κ2) is 11.5. The van der Waals surface area contributed by atoms with Crippen LogP contribution in [0, 0.1) is 0 Å². The number of rotatable bonds is 7. The lowest BCUT2D eigenvalue weighted by atomic mass is 9.89. The van der Waals surface area contributed by atoms with Crippen LogP contribution in [-0.4, -0.2) is 47.4 Å². The van der Waals surface area contributed by atoms with E-state index >= 15 is 0 Å². The molecule has 3 heterocycles. The van der Waals surface area contributed by atoms with Gasteiger partial charge in [0.25, 0.3) is 5.56 Å². The van der Waals surface area contributed by atoms with Gasteiger partial charge in [-0.15, -0.1) is 11.3 Å². The second-order valence-electron chi connectivity index (χ2n) is 10.2. The van der Waals surface area contributed by atoms with E-state index in [1.807, 2.05) is 5.38 Å². The summed E-state index contributed by atoms with van der Waals surface area (Å²) in [7, 11) is -3.52. The van der Waals surface area contributed by atoms with Crippen LogP contribution >= 0.6 is 23.1 Å². The molecule has 8 nitrogen and oxygen atoms in total. The standard InChI is InChI=1S/C29H30N4O4S3/c34-25(30-22-10-12-23(13-11-22)40(36,37)33-14-4-1-5-15-33)18-39-29-31-27(35)26-24(17-38-28(26)32-29)21-9-8-19-6-2-3-7-20(19)16-21/h8-13,16-17H,1-7,14-15,18H2,(H,30,34)(H,31,32,35). The van der Waals surface area contributed by atoms with Gasteiger partial charge in [-0.2, -0.15) is 4.31 Å². The number of aryl methyl sites for hydroxylation is 2. The Kier molecular flexibility index (Phi) is 7.80. The summed E-state index contributed by atoms with van der Waals surface area (Å²) in [5.74, 6) is -0.231. The number of piperidine rings is 1. The van der Waals surface area contributed by atoms with Crippen LogP contribution in [0.3, 0.4) is 0 Å². The Hall–Kier alpha value is -2.99. The summed E-state index contributed by atoms with van der Waals surface area (Å²) in [5.41, 5.74) is 4.98. The molecule has 0 saturated carbocycles. The molecule has 11 heteroatoms. The smallest absolute Gasteiger partial charge is 0.260 e. The first-order valence-corrected chi connectivity index (χ1v) is 16.9. The fourth-order valence-electron chi connectivity index (χ4n) is 5.41. The van der Waals surface area contributed by atoms with Crippen molar-refractivity contribution in [3.8, 4) is 11.1 Å². The number of aromatic amines is 1. The van der Waals surface area contributed by atoms with Crippen LogP contribution < -0.4 is 10.9 Å². The fourth-order valence-corrected chi connectivity index (χ4v) is 8.59. The highest BCUT2D eigenvalue weighted by Crippen LogP contribution is 2.34. The molecule has 2 aliphatic rings. The number of aromatic nitrogens is 2. The van der Waals surface area contributed by atoms with Gasteiger partial charge in [0.05, 0.1) is 16.0 Å². The number of nitrogens with one attached hydrogen (secondary N) is 2. The molecule has 1 fully saturated rings. The molecule has 4 aromatic rings. The molecule has 6 rings (SSSR count). The average molecular weight is 595 g/mol. The summed E-state index contributed by atoms with van der Waals surface area (Å²) in [4.78, 5) is 34.0. The molecule has 1 aliphatic carbocycles. The van der Waals surface area contributed by atoms with Gasteiger partial charge < -0.3 is 10.3 Å². The Balaban J connectivity index is 1.11. The van der Waals surface area contributed by atoms with Crippen LogP contribution in [-0.2, 0) is 27.7 Å². The van der Waals surface area contributed by atoms with E-state index in [1.54, 1.807) is 12.1 Å². The van der Waals surface area contributed by atoms with Gasteiger partial charge in [0.1, 0.15) is 4.83 Å². The van der Waals surface area contributed by atoms with E-state index in [9.17, 15) is 18.0 Å². The topological polar surface area (TPSA) is 112 Å². The van der Waals surface area contributed by atoms with Crippen LogP contribution in [0.5, 0.6) is 0 Å². The lowest BCUT2D eigenvalue weighted by molar-refractivity contribution is -0.113. The van der Waals surface area contributed by atoms with Crippen molar-refractivity contribution in [2.24, 2.45) is 0 Å². The van der Waals surface area contributed by atoms with Gasteiger partial charge in [-0.05, 0) is 79.5 Å². The number of nitrogens with zero attached hydrogens (tertiary/aromatic N) is 2. The second-order valence-corrected chi connectivity index (χ2v) is 14.0. The molecule has 2 aromatic heterocycles. The van der Waals surface area contributed by atoms with E-state index in [0.29, 0.717) is 34.1 Å². The summed E-state index contributed by atoms with van der Waals surface area (Å²) in [6.45, 7) is 1.08. The summed E-state index contributed by atoms with van der Waals surface area (Å²) in [6.07, 6.45) is 7.41. The Morgan fingerprint density at radius 2 is 1.75 bits per heavy atom. The number of hydrogen-bond acceptors (Lipinski definition) is 7. The highest BCUT2D eigenvalue weighted by atomic mass is 32.2. The molecular formula is C29H30N4O4S3. The molecule has 1 saturated heterocycles. The summed E-state index contributed by atoms with van der Waals surface area (Å²) in [6, 6.07) is 12.7. The van der Waals surface area contributed by atoms with Gasteiger partial charge in [0.15, 0.2) is 5.16 Å². The first-order valence-electron chi connectivity index (χ1n) is 13.5. The minimum absolute atomic E-state index is 0.0470. The van der Waals surface area contributed by atoms with Crippen LogP contribution in [0.2, 0.25) is 0 Å². The van der Waals surface area contributed by atoms with Crippen molar-refractivity contribution in [3.63, 3.8) is 0 Å². The maximum atomic E-state index is 13.1. The third-order valence-electron chi connectivity index (χ3n) is 7.51. The van der Waals surface area contributed by atoms with Gasteiger partial charge in [0, 0.05) is 29.7 Å². The molecule has 1 aliphatic heterocycles. The van der Waals surface area contributed by atoms with E-state index in [2.05, 4.69) is 33.5 Å². The number of sulfonamides is 1. The molecule has 0 radical (unpaired) electrons. The monoisotopic (exact) mass is 594 g/mol. The fraction of sp³-hybridized carbons (Fsp3) is 0.345. The number of H-pyrrole nitrogens is 1. The van der Waals surface area contributed by atoms with Gasteiger partial charge in [0.2, 0.25) is 15.9 Å². The molecule has 208 valence electrons. The first kappa shape index (κ1) is 27.2. The third kappa shape index (κ3) is 5.60. The molecule has 2 N–H and O–H groups in total. The van der Waals surface area contributed by atoms with Crippen molar-refractivity contribution in [2.75, 3.05) is 24.2 Å². The highest BCUT2D eigenvalue weighted by molar-refractivity contribution is 7.99. The van der Waals surface area contributed by atoms with Crippen molar-refractivity contribution in [1.82, 2.24) is 14.3 Å². The number of carbonyl (C=O) groups is 1. The zero-order chi connectivity index (χ0) is 27.7. The zero-order valence-electron chi connectivity index (χ0n) is 21.9. The van der Waals surface area contributed by atoms with E-state index in [1.165, 1.54) is 51.7 Å². The van der Waals surface area contributed by atoms with Crippen LogP contribution in [0.25, 0.3) is 21.3 Å². The van der Waals surface area contributed by atoms with Crippen molar-refractivity contribution >= 4 is 54.9 Å². The van der Waals surface area contributed by atoms with Gasteiger partial charge in [-0.3, -0.25) is 9.59 Å². The predicted molar refractivity (Wildman–Crippen MR) is 161 cm³/mol. The summed E-state index contributed by atoms with van der Waals surface area (Å²) >= 11 is 2.58. The predicted octanol–water partition coefficient (Wildman–Crippen LogP) is 5.44. The van der Waals surface area contributed by atoms with E-state index in [0.717, 1.165) is 55.0 Å². The molecule has 40 heavy (non-hydrogen) atoms. The van der Waals surface area contributed by atoms with Gasteiger partial charge in [-0.25, -0.2) is 13.4 Å². The average Bonchev–Trinajstić information content (AvgIpc) is 3.41. The Morgan fingerprint density at radius 1 is 1.00 bits per heavy atom. The molecule has 2 aromatic carbocycles. The SMILES string of the molecule is O=C(CSc1nc2scc(-c3ccc4c(c3)CCCC4)c2c(=O)[nH]1)Nc1ccc(S(=O)(=O)N2CCCCC2)cc1. The quantitative estimate of drug-likeness (QED) is 0.218. The largest absolute Gasteiger partial charge is 0.325 e. The normalized spacial score (nSPS) is 16.1. The minimum Gasteiger partial charge on any atom is -0.325 e. The number of thioether (sulfide) groups is 1. The Labute approximate surface area is 241 Å². The third-order valence-corrected chi connectivity index (χ3v) is 11.2. The molecule has 0 spiro atoms. The molecule has 0 atom stereocenters. The number of hydrogen-bond donors (Lipinski definition) is 2. The number of benzene rings is 2. The zero-order valence-corrected chi connectivity index (χ0v) is 24.4. The highest BCUT2D eigenvalue weighted by Gasteiger charge is 2.25. The molecule has 1 amide bonds. The van der Waals surface area contributed by atoms with E-state index in [-0.39, 0.29) is 22.1 Å². The van der Waals surface area contributed by atoms with E-state index < -0.39 is 10.0 Å². The number of amides is 1. The Bertz CT molecular complexity index is 1720. The van der Waals surface area contributed by atoms with Crippen molar-refractivity contribution in [2.45, 2.75) is 55.0 Å². The number of carbonyl (C=O) groups excluding carboxylic acids is 1. The maximum absolute atomic E-state index is 13.1. The molecule has 0 unspecified atom stereocenters. The summed E-state index contributed by atoms with van der Waals surface area (Å²) in [5, 5.41) is 5.73. The molecular weight excluding hydrogens is 565 g/mol. The minimum atomic E-state index is -3.52. The first-order chi connectivity index (χ1) is 19.4. The van der Waals surface area contributed by atoms with Gasteiger partial charge >= 0.3 is 0 Å². The summed E-state index contributed by atoms with van der Waals surface area (Å²) < 4.78 is 27.2. The lowest BCUT2D eigenvalue weighted by Gasteiger charge is -2.25. The number of thiophene rings is 1. The number of anilines is 1. The number of fused-ring (bicyclic) bond motifs is 2. The van der Waals surface area contributed by atoms with Gasteiger partial charge in [-0.1, -0.05) is 36.4 Å². The lowest BCUT2D eigenvalue weighted by Crippen LogP contribution is -2.35. The van der Waals surface area contributed by atoms with Crippen LogP contribution in [0.4, 0.5) is 5.69 Å². The van der Waals surface area contributed by atoms with E-state index in [4.69, 9.17) is 0 Å². The maximum Gasteiger partial charge on any atom is 0.260 e. The van der Waals surface area contributed by atoms with Crippen molar-refractivity contribution < 1.29 is 13.2 Å². The molecule has 0 bridgehead atoms. The van der Waals surface area contributed by atoms with Crippen LogP contribution in [0.1, 0.15) is 43.2 Å².